The van der Waals surface area contributed by atoms with Crippen LogP contribution < -0.4 is 5.32 Å². The first kappa shape index (κ1) is 17.5. The summed E-state index contributed by atoms with van der Waals surface area (Å²) in [4.78, 5) is 23.9. The second-order valence-corrected chi connectivity index (χ2v) is 9.18. The highest BCUT2D eigenvalue weighted by Gasteiger charge is 2.25. The zero-order valence-corrected chi connectivity index (χ0v) is 16.5. The Labute approximate surface area is 160 Å². The van der Waals surface area contributed by atoms with Crippen molar-refractivity contribution in [2.45, 2.75) is 49.9 Å². The normalized spacial score (nSPS) is 17.8. The fourth-order valence-electron chi connectivity index (χ4n) is 3.29. The Hall–Kier alpha value is -1.86. The molecule has 1 amide bonds. The standard InChI is InChI=1S/C19H21N3O2S2/c1-11-5-6-14-15(8-11)26-19-16(14)18(21-10-22-19)25-12(2)17(23)20-9-13-4-3-7-24-13/h3-4,7,10-12H,5-6,8-9H2,1-2H3,(H,20,23)/t11-,12+/m1/s1. The van der Waals surface area contributed by atoms with Gasteiger partial charge in [-0.1, -0.05) is 18.7 Å². The van der Waals surface area contributed by atoms with Crippen molar-refractivity contribution in [3.63, 3.8) is 0 Å². The Morgan fingerprint density at radius 1 is 1.50 bits per heavy atom. The summed E-state index contributed by atoms with van der Waals surface area (Å²) in [6, 6.07) is 3.67. The zero-order valence-electron chi connectivity index (χ0n) is 14.8. The maximum absolute atomic E-state index is 12.4. The van der Waals surface area contributed by atoms with Crippen LogP contribution in [0.5, 0.6) is 0 Å². The molecular formula is C19H21N3O2S2. The number of nitrogens with one attached hydrogen (secondary N) is 1. The summed E-state index contributed by atoms with van der Waals surface area (Å²) in [6.45, 7) is 4.62. The third kappa shape index (κ3) is 3.50. The highest BCUT2D eigenvalue weighted by molar-refractivity contribution is 8.00. The van der Waals surface area contributed by atoms with Crippen molar-refractivity contribution in [1.29, 1.82) is 0 Å². The van der Waals surface area contributed by atoms with Crippen molar-refractivity contribution in [2.75, 3.05) is 0 Å². The van der Waals surface area contributed by atoms with E-state index in [2.05, 4.69) is 22.2 Å². The smallest absolute Gasteiger partial charge is 0.233 e. The molecule has 0 radical (unpaired) electrons. The molecule has 3 heterocycles. The van der Waals surface area contributed by atoms with Gasteiger partial charge in [0.15, 0.2) is 0 Å². The minimum absolute atomic E-state index is 0.0177. The SMILES string of the molecule is C[C@@H]1CCc2c(sc3ncnc(S[C@@H](C)C(=O)NCc4ccco4)c23)C1. The van der Waals surface area contributed by atoms with Gasteiger partial charge < -0.3 is 9.73 Å². The van der Waals surface area contributed by atoms with Gasteiger partial charge >= 0.3 is 0 Å². The van der Waals surface area contributed by atoms with Crippen LogP contribution in [0, 0.1) is 5.92 Å². The molecule has 0 saturated heterocycles. The van der Waals surface area contributed by atoms with Crippen LogP contribution in [0.25, 0.3) is 10.2 Å². The van der Waals surface area contributed by atoms with Crippen molar-refractivity contribution in [2.24, 2.45) is 5.92 Å². The van der Waals surface area contributed by atoms with E-state index in [9.17, 15) is 4.79 Å². The molecule has 7 heteroatoms. The number of thiophene rings is 1. The van der Waals surface area contributed by atoms with Crippen LogP contribution in [0.2, 0.25) is 0 Å². The van der Waals surface area contributed by atoms with Gasteiger partial charge in [-0.05, 0) is 49.8 Å². The first-order valence-electron chi connectivity index (χ1n) is 8.84. The number of furan rings is 1. The summed E-state index contributed by atoms with van der Waals surface area (Å²) in [5, 5.41) is 4.77. The topological polar surface area (TPSA) is 68.0 Å². The molecule has 1 aliphatic carbocycles. The molecule has 0 aromatic carbocycles. The lowest BCUT2D eigenvalue weighted by Crippen LogP contribution is -2.30. The predicted octanol–water partition coefficient (Wildman–Crippen LogP) is 4.21. The lowest BCUT2D eigenvalue weighted by atomic mass is 9.89. The van der Waals surface area contributed by atoms with Crippen LogP contribution in [-0.2, 0) is 24.2 Å². The molecule has 0 aliphatic heterocycles. The Balaban J connectivity index is 1.52. The largest absolute Gasteiger partial charge is 0.467 e. The third-order valence-corrected chi connectivity index (χ3v) is 6.99. The maximum Gasteiger partial charge on any atom is 0.233 e. The van der Waals surface area contributed by atoms with Gasteiger partial charge in [0.1, 0.15) is 21.9 Å². The Bertz CT molecular complexity index is 920. The Morgan fingerprint density at radius 2 is 2.38 bits per heavy atom. The van der Waals surface area contributed by atoms with E-state index in [0.717, 1.165) is 39.8 Å². The van der Waals surface area contributed by atoms with E-state index in [1.54, 1.807) is 23.9 Å². The molecule has 3 aromatic heterocycles. The minimum Gasteiger partial charge on any atom is -0.467 e. The number of carbonyl (C=O) groups is 1. The van der Waals surface area contributed by atoms with Gasteiger partial charge in [0.25, 0.3) is 0 Å². The van der Waals surface area contributed by atoms with Crippen LogP contribution in [0.3, 0.4) is 0 Å². The third-order valence-electron chi connectivity index (χ3n) is 4.73. The van der Waals surface area contributed by atoms with Crippen LogP contribution >= 0.6 is 23.1 Å². The average Bonchev–Trinajstić information content (AvgIpc) is 3.26. The lowest BCUT2D eigenvalue weighted by Gasteiger charge is -2.18. The van der Waals surface area contributed by atoms with Crippen LogP contribution in [0.15, 0.2) is 34.2 Å². The number of hydrogen-bond donors (Lipinski definition) is 1. The van der Waals surface area contributed by atoms with E-state index >= 15 is 0 Å². The van der Waals surface area contributed by atoms with E-state index in [1.165, 1.54) is 28.6 Å². The summed E-state index contributed by atoms with van der Waals surface area (Å²) in [5.74, 6) is 1.46. The summed E-state index contributed by atoms with van der Waals surface area (Å²) in [6.07, 6.45) is 6.63. The van der Waals surface area contributed by atoms with Crippen molar-refractivity contribution < 1.29 is 9.21 Å². The zero-order chi connectivity index (χ0) is 18.1. The fraction of sp³-hybridized carbons (Fsp3) is 0.421. The number of nitrogens with zero attached hydrogens (tertiary/aromatic N) is 2. The summed E-state index contributed by atoms with van der Waals surface area (Å²) < 4.78 is 5.26. The molecule has 0 bridgehead atoms. The quantitative estimate of drug-likeness (QED) is 0.525. The van der Waals surface area contributed by atoms with Gasteiger partial charge in [0.2, 0.25) is 5.91 Å². The molecule has 136 valence electrons. The molecule has 0 unspecified atom stereocenters. The number of carbonyl (C=O) groups excluding carboxylic acids is 1. The van der Waals surface area contributed by atoms with Crippen molar-refractivity contribution in [3.05, 3.63) is 40.9 Å². The van der Waals surface area contributed by atoms with Gasteiger partial charge in [0, 0.05) is 10.3 Å². The maximum atomic E-state index is 12.4. The first-order chi connectivity index (χ1) is 12.6. The van der Waals surface area contributed by atoms with Crippen LogP contribution in [-0.4, -0.2) is 21.1 Å². The monoisotopic (exact) mass is 387 g/mol. The van der Waals surface area contributed by atoms with E-state index < -0.39 is 0 Å². The van der Waals surface area contributed by atoms with E-state index in [-0.39, 0.29) is 11.2 Å². The molecule has 0 saturated carbocycles. The van der Waals surface area contributed by atoms with E-state index in [4.69, 9.17) is 4.42 Å². The molecule has 26 heavy (non-hydrogen) atoms. The number of thioether (sulfide) groups is 1. The van der Waals surface area contributed by atoms with Gasteiger partial charge in [-0.3, -0.25) is 4.79 Å². The van der Waals surface area contributed by atoms with Gasteiger partial charge in [-0.25, -0.2) is 9.97 Å². The molecule has 1 N–H and O–H groups in total. The number of fused-ring (bicyclic) bond motifs is 3. The molecule has 0 spiro atoms. The van der Waals surface area contributed by atoms with Gasteiger partial charge in [-0.15, -0.1) is 11.3 Å². The minimum atomic E-state index is -0.235. The molecular weight excluding hydrogens is 366 g/mol. The fourth-order valence-corrected chi connectivity index (χ4v) is 5.67. The number of hydrogen-bond acceptors (Lipinski definition) is 6. The van der Waals surface area contributed by atoms with E-state index in [0.29, 0.717) is 6.54 Å². The Kier molecular flexibility index (Phi) is 5.00. The summed E-state index contributed by atoms with van der Waals surface area (Å²) >= 11 is 3.29. The van der Waals surface area contributed by atoms with Gasteiger partial charge in [0.05, 0.1) is 18.1 Å². The van der Waals surface area contributed by atoms with Crippen LogP contribution in [0.1, 0.15) is 36.5 Å². The number of aryl methyl sites for hydroxylation is 1. The molecule has 5 nitrogen and oxygen atoms in total. The number of rotatable bonds is 5. The molecule has 2 atom stereocenters. The van der Waals surface area contributed by atoms with Crippen molar-refractivity contribution >= 4 is 39.2 Å². The number of aromatic nitrogens is 2. The highest BCUT2D eigenvalue weighted by Crippen LogP contribution is 2.41. The average molecular weight is 388 g/mol. The second kappa shape index (κ2) is 7.40. The first-order valence-corrected chi connectivity index (χ1v) is 10.5. The molecule has 3 aromatic rings. The number of amides is 1. The molecule has 1 aliphatic rings. The summed E-state index contributed by atoms with van der Waals surface area (Å²) in [7, 11) is 0. The second-order valence-electron chi connectivity index (χ2n) is 6.77. The lowest BCUT2D eigenvalue weighted by molar-refractivity contribution is -0.120. The van der Waals surface area contributed by atoms with Crippen LogP contribution in [0.4, 0.5) is 0 Å². The predicted molar refractivity (Wildman–Crippen MR) is 104 cm³/mol. The van der Waals surface area contributed by atoms with Gasteiger partial charge in [-0.2, -0.15) is 0 Å². The van der Waals surface area contributed by atoms with Crippen molar-refractivity contribution in [1.82, 2.24) is 15.3 Å². The van der Waals surface area contributed by atoms with Crippen molar-refractivity contribution in [3.8, 4) is 0 Å². The van der Waals surface area contributed by atoms with E-state index in [1.807, 2.05) is 19.1 Å². The highest BCUT2D eigenvalue weighted by atomic mass is 32.2. The molecule has 0 fully saturated rings. The summed E-state index contributed by atoms with van der Waals surface area (Å²) in [5.41, 5.74) is 1.40. The molecule has 4 rings (SSSR count). The Morgan fingerprint density at radius 3 is 3.19 bits per heavy atom.